The van der Waals surface area contributed by atoms with Crippen molar-refractivity contribution in [3.8, 4) is 5.75 Å². The van der Waals surface area contributed by atoms with Gasteiger partial charge in [-0.3, -0.25) is 0 Å². The maximum absolute atomic E-state index is 10.7. The number of benzene rings is 1. The molecule has 0 heterocycles. The molecule has 0 fully saturated rings. The second-order valence-corrected chi connectivity index (χ2v) is 5.02. The van der Waals surface area contributed by atoms with E-state index in [4.69, 9.17) is 9.84 Å². The number of esters is 1. The van der Waals surface area contributed by atoms with Crippen molar-refractivity contribution >= 4 is 16.9 Å². The van der Waals surface area contributed by atoms with Crippen molar-refractivity contribution in [2.45, 2.75) is 4.90 Å². The van der Waals surface area contributed by atoms with Gasteiger partial charge in [-0.15, -0.1) is 0 Å². The normalized spacial score (nSPS) is 10.3. The van der Waals surface area contributed by atoms with Gasteiger partial charge < -0.3 is 9.84 Å². The van der Waals surface area contributed by atoms with E-state index >= 15 is 0 Å². The number of hydrogen-bond donors (Lipinski definition) is 1. The molecular weight excluding hydrogens is 200 g/mol. The molecule has 0 bridgehead atoms. The van der Waals surface area contributed by atoms with Crippen LogP contribution in [0.2, 0.25) is 0 Å². The molecule has 1 N–H and O–H groups in total. The highest BCUT2D eigenvalue weighted by molar-refractivity contribution is 7.95. The summed E-state index contributed by atoms with van der Waals surface area (Å²) in [5, 5.41) is 8.47. The van der Waals surface area contributed by atoms with Crippen molar-refractivity contribution in [1.82, 2.24) is 0 Å². The lowest BCUT2D eigenvalue weighted by molar-refractivity contribution is -0.137. The van der Waals surface area contributed by atoms with Gasteiger partial charge >= 0.3 is 5.97 Å². The van der Waals surface area contributed by atoms with E-state index in [1.165, 1.54) is 4.90 Å². The zero-order valence-electron chi connectivity index (χ0n) is 8.19. The number of ether oxygens (including phenoxy) is 1. The van der Waals surface area contributed by atoms with Crippen LogP contribution in [0.3, 0.4) is 0 Å². The molecule has 0 amide bonds. The van der Waals surface area contributed by atoms with E-state index in [2.05, 4.69) is 12.5 Å². The average molecular weight is 213 g/mol. The summed E-state index contributed by atoms with van der Waals surface area (Å²) < 4.78 is 4.81. The second kappa shape index (κ2) is 5.02. The first kappa shape index (κ1) is 11.1. The molecule has 0 atom stereocenters. The fraction of sp³-hybridized carbons (Fsp3) is 0.300. The van der Waals surface area contributed by atoms with E-state index in [1.54, 1.807) is 12.1 Å². The van der Waals surface area contributed by atoms with E-state index < -0.39 is 12.6 Å². The predicted octanol–water partition coefficient (Wildman–Crippen LogP) is 0.821. The summed E-state index contributed by atoms with van der Waals surface area (Å²) >= 11 is 0. The van der Waals surface area contributed by atoms with Crippen LogP contribution in [0.5, 0.6) is 5.75 Å². The predicted molar refractivity (Wildman–Crippen MR) is 56.6 cm³/mol. The van der Waals surface area contributed by atoms with Gasteiger partial charge in [-0.25, -0.2) is 4.79 Å². The van der Waals surface area contributed by atoms with Crippen LogP contribution >= 0.6 is 0 Å². The minimum absolute atomic E-state index is 0.208. The lowest BCUT2D eigenvalue weighted by atomic mass is 10.3. The number of aliphatic hydroxyl groups is 1. The van der Waals surface area contributed by atoms with Crippen molar-refractivity contribution in [2.75, 3.05) is 19.1 Å². The lowest BCUT2D eigenvalue weighted by Gasteiger charge is -2.02. The van der Waals surface area contributed by atoms with Crippen LogP contribution in [-0.2, 0) is 15.7 Å². The molecule has 0 radical (unpaired) electrons. The van der Waals surface area contributed by atoms with Gasteiger partial charge in [0.2, 0.25) is 0 Å². The van der Waals surface area contributed by atoms with E-state index in [0.29, 0.717) is 5.75 Å². The molecule has 0 saturated heterocycles. The maximum Gasteiger partial charge on any atom is 0.337 e. The van der Waals surface area contributed by atoms with Gasteiger partial charge in [0, 0.05) is 10.9 Å². The number of rotatable bonds is 3. The smallest absolute Gasteiger partial charge is 0.337 e. The van der Waals surface area contributed by atoms with E-state index in [1.807, 2.05) is 12.1 Å². The molecule has 0 aliphatic heterocycles. The lowest BCUT2D eigenvalue weighted by Crippen LogP contribution is -2.12. The molecule has 0 spiro atoms. The highest BCUT2D eigenvalue weighted by Gasteiger charge is 2.08. The largest absolute Gasteiger partial charge is 0.425 e. The first-order valence-corrected chi connectivity index (χ1v) is 6.17. The van der Waals surface area contributed by atoms with Gasteiger partial charge in [0.15, 0.2) is 4.90 Å². The Kier molecular flexibility index (Phi) is 3.98. The number of hydrogen-bond acceptors (Lipinski definition) is 3. The highest BCUT2D eigenvalue weighted by Crippen LogP contribution is 2.15. The monoisotopic (exact) mass is 213 g/mol. The van der Waals surface area contributed by atoms with Gasteiger partial charge in [-0.05, 0) is 24.3 Å². The molecule has 0 unspecified atom stereocenters. The minimum Gasteiger partial charge on any atom is -0.425 e. The summed E-state index contributed by atoms with van der Waals surface area (Å²) in [6.45, 7) is -0.590. The Morgan fingerprint density at radius 3 is 2.36 bits per heavy atom. The molecule has 1 aromatic carbocycles. The van der Waals surface area contributed by atoms with E-state index in [-0.39, 0.29) is 10.9 Å². The quantitative estimate of drug-likeness (QED) is 0.459. The summed E-state index contributed by atoms with van der Waals surface area (Å²) in [5.41, 5.74) is 0. The molecule has 0 saturated carbocycles. The van der Waals surface area contributed by atoms with Crippen molar-refractivity contribution in [3.63, 3.8) is 0 Å². The van der Waals surface area contributed by atoms with Crippen molar-refractivity contribution < 1.29 is 14.6 Å². The maximum atomic E-state index is 10.7. The summed E-state index contributed by atoms with van der Waals surface area (Å²) in [6, 6.07) is 7.30. The Bertz CT molecular complexity index is 306. The first-order chi connectivity index (χ1) is 6.63. The summed E-state index contributed by atoms with van der Waals surface area (Å²) in [7, 11) is 0.208. The third-order valence-corrected chi connectivity index (χ3v) is 2.87. The van der Waals surface area contributed by atoms with Gasteiger partial charge in [-0.1, -0.05) is 0 Å². The molecule has 1 aromatic rings. The molecule has 0 aromatic heterocycles. The number of carbonyl (C=O) groups is 1. The Labute approximate surface area is 86.1 Å². The van der Waals surface area contributed by atoms with Crippen molar-refractivity contribution in [1.29, 1.82) is 0 Å². The summed E-state index contributed by atoms with van der Waals surface area (Å²) in [6.07, 6.45) is 4.24. The van der Waals surface area contributed by atoms with E-state index in [0.717, 1.165) is 0 Å². The molecule has 14 heavy (non-hydrogen) atoms. The zero-order chi connectivity index (χ0) is 10.6. The molecule has 0 aliphatic rings. The van der Waals surface area contributed by atoms with Crippen LogP contribution in [0.1, 0.15) is 0 Å². The Morgan fingerprint density at radius 1 is 1.36 bits per heavy atom. The Hall–Kier alpha value is -1.00. The molecule has 3 nitrogen and oxygen atoms in total. The first-order valence-electron chi connectivity index (χ1n) is 4.12. The van der Waals surface area contributed by atoms with E-state index in [9.17, 15) is 4.79 Å². The van der Waals surface area contributed by atoms with Crippen LogP contribution in [-0.4, -0.2) is 30.2 Å². The van der Waals surface area contributed by atoms with Crippen LogP contribution < -0.4 is 4.74 Å². The molecular formula is C10H13O3S+. The van der Waals surface area contributed by atoms with Crippen molar-refractivity contribution in [3.05, 3.63) is 24.3 Å². The van der Waals surface area contributed by atoms with Crippen LogP contribution in [0.15, 0.2) is 29.2 Å². The highest BCUT2D eigenvalue weighted by atomic mass is 32.2. The molecule has 4 heteroatoms. The van der Waals surface area contributed by atoms with Gasteiger partial charge in [0.05, 0.1) is 0 Å². The number of aliphatic hydroxyl groups excluding tert-OH is 1. The second-order valence-electron chi connectivity index (χ2n) is 2.92. The SMILES string of the molecule is C[S+](C)c1ccc(OC(=O)CO)cc1. The fourth-order valence-corrected chi connectivity index (χ4v) is 1.62. The zero-order valence-corrected chi connectivity index (χ0v) is 9.00. The van der Waals surface area contributed by atoms with Gasteiger partial charge in [0.1, 0.15) is 24.9 Å². The van der Waals surface area contributed by atoms with Crippen LogP contribution in [0.25, 0.3) is 0 Å². The molecule has 1 rings (SSSR count). The average Bonchev–Trinajstić information content (AvgIpc) is 2.18. The Balaban J connectivity index is 2.69. The third-order valence-electron chi connectivity index (χ3n) is 1.66. The molecule has 76 valence electrons. The molecule has 0 aliphatic carbocycles. The topological polar surface area (TPSA) is 46.5 Å². The van der Waals surface area contributed by atoms with Crippen LogP contribution in [0, 0.1) is 0 Å². The van der Waals surface area contributed by atoms with Gasteiger partial charge in [-0.2, -0.15) is 0 Å². The minimum atomic E-state index is -0.634. The number of carbonyl (C=O) groups excluding carboxylic acids is 1. The fourth-order valence-electron chi connectivity index (χ4n) is 0.944. The van der Waals surface area contributed by atoms with Gasteiger partial charge in [0.25, 0.3) is 0 Å². The Morgan fingerprint density at radius 2 is 1.93 bits per heavy atom. The van der Waals surface area contributed by atoms with Crippen LogP contribution in [0.4, 0.5) is 0 Å². The third kappa shape index (κ3) is 3.05. The summed E-state index contributed by atoms with van der Waals surface area (Å²) in [4.78, 5) is 11.9. The summed E-state index contributed by atoms with van der Waals surface area (Å²) in [5.74, 6) is -0.164. The standard InChI is InChI=1S/C10H13O3S/c1-14(2)9-5-3-8(4-6-9)13-10(12)7-11/h3-6,11H,7H2,1-2H3/q+1. The van der Waals surface area contributed by atoms with Crippen molar-refractivity contribution in [2.24, 2.45) is 0 Å².